The molecule has 0 saturated carbocycles. The number of hydrogen-bond donors (Lipinski definition) is 1. The molecule has 0 rings (SSSR count). The zero-order valence-electron chi connectivity index (χ0n) is 21.8. The van der Waals surface area contributed by atoms with Crippen molar-refractivity contribution in [1.29, 1.82) is 0 Å². The average molecular weight is 543 g/mol. The zero-order chi connectivity index (χ0) is 27.7. The van der Waals surface area contributed by atoms with Crippen molar-refractivity contribution < 1.29 is 56.6 Å². The van der Waals surface area contributed by atoms with Gasteiger partial charge in [0.15, 0.2) is 6.10 Å². The summed E-state index contributed by atoms with van der Waals surface area (Å²) in [5, 5.41) is 0. The van der Waals surface area contributed by atoms with Crippen LogP contribution in [0.4, 0.5) is 0 Å². The molecule has 15 heteroatoms. The van der Waals surface area contributed by atoms with Crippen LogP contribution in [-0.4, -0.2) is 118 Å². The Balaban J connectivity index is 4.86. The van der Waals surface area contributed by atoms with E-state index in [0.29, 0.717) is 13.1 Å². The zero-order valence-corrected chi connectivity index (χ0v) is 22.7. The first-order valence-electron chi connectivity index (χ1n) is 11.3. The molecule has 0 saturated heterocycles. The number of carbonyl (C=O) groups excluding carboxylic acids is 4. The molecule has 36 heavy (non-hydrogen) atoms. The van der Waals surface area contributed by atoms with E-state index in [4.69, 9.17) is 28.0 Å². The number of esters is 4. The number of hydrogen-bond acceptors (Lipinski definition) is 13. The first kappa shape index (κ1) is 33.9. The monoisotopic (exact) mass is 542 g/mol. The Kier molecular flexibility index (Phi) is 17.1. The predicted octanol–water partition coefficient (Wildman–Crippen LogP) is 0.363. The van der Waals surface area contributed by atoms with E-state index in [1.807, 2.05) is 0 Å². The van der Waals surface area contributed by atoms with Crippen LogP contribution in [0.3, 0.4) is 0 Å². The summed E-state index contributed by atoms with van der Waals surface area (Å²) in [5.41, 5.74) is 0. The molecule has 0 aliphatic rings. The molecule has 0 amide bonds. The Hall–Kier alpha value is -2.09. The summed E-state index contributed by atoms with van der Waals surface area (Å²) in [6.45, 7) is 1.62. The van der Waals surface area contributed by atoms with E-state index >= 15 is 0 Å². The lowest BCUT2D eigenvalue weighted by Crippen LogP contribution is -2.31. The summed E-state index contributed by atoms with van der Waals surface area (Å²) in [7, 11) is 2.52. The van der Waals surface area contributed by atoms with Crippen LogP contribution in [0.25, 0.3) is 0 Å². The lowest BCUT2D eigenvalue weighted by molar-refractivity contribution is -0.161. The summed E-state index contributed by atoms with van der Waals surface area (Å²) in [6.07, 6.45) is -1.95. The maximum atomic E-state index is 12.3. The topological polar surface area (TPSA) is 167 Å². The first-order chi connectivity index (χ1) is 16.7. The van der Waals surface area contributed by atoms with Gasteiger partial charge in [-0.05, 0) is 28.2 Å². The highest BCUT2D eigenvalue weighted by Gasteiger charge is 2.27. The van der Waals surface area contributed by atoms with Crippen LogP contribution >= 0.6 is 7.82 Å². The highest BCUT2D eigenvalue weighted by atomic mass is 31.2. The van der Waals surface area contributed by atoms with E-state index < -0.39 is 50.5 Å². The van der Waals surface area contributed by atoms with Crippen LogP contribution in [0.2, 0.25) is 0 Å². The number of carbonyl (C=O) groups is 4. The summed E-state index contributed by atoms with van der Waals surface area (Å²) >= 11 is 0. The lowest BCUT2D eigenvalue weighted by atomic mass is 10.3. The summed E-state index contributed by atoms with van der Waals surface area (Å²) in [5.74, 6) is -2.36. The van der Waals surface area contributed by atoms with Gasteiger partial charge in [0.05, 0.1) is 26.1 Å². The quantitative estimate of drug-likeness (QED) is 0.135. The average Bonchev–Trinajstić information content (AvgIpc) is 2.75. The molecule has 0 aliphatic heterocycles. The van der Waals surface area contributed by atoms with Gasteiger partial charge in [0.2, 0.25) is 0 Å². The van der Waals surface area contributed by atoms with Crippen LogP contribution in [0.5, 0.6) is 0 Å². The number of nitrogens with zero attached hydrogens (tertiary/aromatic N) is 2. The van der Waals surface area contributed by atoms with Crippen molar-refractivity contribution >= 4 is 31.7 Å². The van der Waals surface area contributed by atoms with Crippen molar-refractivity contribution in [1.82, 2.24) is 9.80 Å². The van der Waals surface area contributed by atoms with E-state index in [2.05, 4.69) is 0 Å². The Bertz CT molecular complexity index is 746. The molecule has 1 N–H and O–H groups in total. The van der Waals surface area contributed by atoms with Crippen LogP contribution in [-0.2, 0) is 51.7 Å². The van der Waals surface area contributed by atoms with Gasteiger partial charge in [-0.15, -0.1) is 0 Å². The van der Waals surface area contributed by atoms with Gasteiger partial charge < -0.3 is 33.6 Å². The molecule has 0 aromatic heterocycles. The fourth-order valence-electron chi connectivity index (χ4n) is 2.38. The van der Waals surface area contributed by atoms with Gasteiger partial charge in [-0.2, -0.15) is 0 Å². The van der Waals surface area contributed by atoms with E-state index in [1.54, 1.807) is 38.0 Å². The minimum atomic E-state index is -4.62. The summed E-state index contributed by atoms with van der Waals surface area (Å²) < 4.78 is 42.1. The van der Waals surface area contributed by atoms with Crippen LogP contribution in [0, 0.1) is 0 Å². The number of ether oxygens (including phenoxy) is 4. The molecule has 0 spiro atoms. The van der Waals surface area contributed by atoms with E-state index in [-0.39, 0.29) is 39.1 Å². The molecule has 0 radical (unpaired) electrons. The van der Waals surface area contributed by atoms with Gasteiger partial charge in [-0.3, -0.25) is 28.2 Å². The highest BCUT2D eigenvalue weighted by molar-refractivity contribution is 7.47. The largest absolute Gasteiger partial charge is 0.472 e. The normalized spacial score (nSPS) is 14.6. The second kappa shape index (κ2) is 18.2. The van der Waals surface area contributed by atoms with Crippen molar-refractivity contribution in [2.75, 3.05) is 67.7 Å². The smallest absolute Gasteiger partial charge is 0.462 e. The Morgan fingerprint density at radius 2 is 1.31 bits per heavy atom. The van der Waals surface area contributed by atoms with Crippen LogP contribution in [0.15, 0.2) is 0 Å². The van der Waals surface area contributed by atoms with Gasteiger partial charge in [-0.1, -0.05) is 0 Å². The second-order valence-corrected chi connectivity index (χ2v) is 9.78. The van der Waals surface area contributed by atoms with Gasteiger partial charge in [0.1, 0.15) is 19.3 Å². The molecule has 0 aliphatic carbocycles. The molecule has 3 atom stereocenters. The molecular weight excluding hydrogens is 503 g/mol. The molecule has 0 aromatic carbocycles. The predicted molar refractivity (Wildman–Crippen MR) is 126 cm³/mol. The summed E-state index contributed by atoms with van der Waals surface area (Å²) in [6, 6.07) is 0. The number of rotatable bonds is 19. The van der Waals surface area contributed by atoms with Gasteiger partial charge in [-0.25, -0.2) is 4.57 Å². The molecule has 0 fully saturated rings. The van der Waals surface area contributed by atoms with Gasteiger partial charge in [0.25, 0.3) is 0 Å². The third-order valence-electron chi connectivity index (χ3n) is 4.18. The lowest BCUT2D eigenvalue weighted by Gasteiger charge is -2.21. The number of phosphoric ester groups is 1. The van der Waals surface area contributed by atoms with E-state index in [1.165, 1.54) is 6.92 Å². The van der Waals surface area contributed by atoms with E-state index in [9.17, 15) is 28.6 Å². The highest BCUT2D eigenvalue weighted by Crippen LogP contribution is 2.43. The minimum absolute atomic E-state index is 0.0469. The van der Waals surface area contributed by atoms with Crippen LogP contribution in [0.1, 0.15) is 33.1 Å². The molecule has 0 heterocycles. The van der Waals surface area contributed by atoms with Crippen molar-refractivity contribution in [2.45, 2.75) is 45.3 Å². The Morgan fingerprint density at radius 1 is 0.750 bits per heavy atom. The molecule has 0 aromatic rings. The molecule has 210 valence electrons. The Labute approximate surface area is 211 Å². The fourth-order valence-corrected chi connectivity index (χ4v) is 3.15. The third-order valence-corrected chi connectivity index (χ3v) is 5.16. The molecule has 0 bridgehead atoms. The molecule has 14 nitrogen and oxygen atoms in total. The fraction of sp³-hybridized carbons (Fsp3) is 0.810. The number of phosphoric acid groups is 1. The standard InChI is InChI=1S/C21H39N2O12P/c1-16(24)30-13-18(34-17(2)25)9-12-32-36(28,29)33-15-19(35-21(27)8-11-23(5)6)14-31-20(26)7-10-22(3)4/h18-19H,7-15H2,1-6H3,(H,28,29)/t18-,19?/m0/s1. The van der Waals surface area contributed by atoms with Crippen molar-refractivity contribution in [2.24, 2.45) is 0 Å². The second-order valence-electron chi connectivity index (χ2n) is 8.32. The maximum Gasteiger partial charge on any atom is 0.472 e. The minimum Gasteiger partial charge on any atom is -0.462 e. The SMILES string of the molecule is CC(=O)OC[C@H](CCOP(=O)(O)OCC(COC(=O)CCN(C)C)OC(=O)CCN(C)C)OC(C)=O. The molecular formula is C21H39N2O12P. The molecule has 2 unspecified atom stereocenters. The van der Waals surface area contributed by atoms with Crippen molar-refractivity contribution in [3.05, 3.63) is 0 Å². The van der Waals surface area contributed by atoms with Crippen molar-refractivity contribution in [3.8, 4) is 0 Å². The summed E-state index contributed by atoms with van der Waals surface area (Å²) in [4.78, 5) is 59.7. The Morgan fingerprint density at radius 3 is 1.83 bits per heavy atom. The first-order valence-corrected chi connectivity index (χ1v) is 12.8. The maximum absolute atomic E-state index is 12.3. The third kappa shape index (κ3) is 20.1. The van der Waals surface area contributed by atoms with Crippen LogP contribution < -0.4 is 0 Å². The van der Waals surface area contributed by atoms with Crippen molar-refractivity contribution in [3.63, 3.8) is 0 Å². The van der Waals surface area contributed by atoms with Gasteiger partial charge in [0, 0.05) is 33.4 Å². The van der Waals surface area contributed by atoms with E-state index in [0.717, 1.165) is 6.92 Å². The van der Waals surface area contributed by atoms with Gasteiger partial charge >= 0.3 is 31.7 Å².